The minimum atomic E-state index is -0.330. The predicted molar refractivity (Wildman–Crippen MR) is 125 cm³/mol. The molecule has 7 heteroatoms. The Balaban J connectivity index is 1.37. The molecule has 1 aliphatic rings. The van der Waals surface area contributed by atoms with Crippen molar-refractivity contribution in [3.63, 3.8) is 0 Å². The number of para-hydroxylation sites is 2. The number of fused-ring (bicyclic) bond motifs is 1. The topological polar surface area (TPSA) is 77.5 Å². The molecular weight excluding hydrogens is 424 g/mol. The van der Waals surface area contributed by atoms with E-state index in [2.05, 4.69) is 11.4 Å². The number of methoxy groups -OCH3 is 1. The fourth-order valence-electron chi connectivity index (χ4n) is 4.39. The zero-order valence-corrected chi connectivity index (χ0v) is 19.2. The summed E-state index contributed by atoms with van der Waals surface area (Å²) in [5.41, 5.74) is 1.84. The van der Waals surface area contributed by atoms with E-state index in [4.69, 9.17) is 14.5 Å². The zero-order valence-electron chi connectivity index (χ0n) is 18.4. The standard InChI is InChI=1S/C25H28N2O4S/c1-16(17-9-5-7-13-21(17)30-2)26-23(28)15-31-25(29)19-11-4-3-10-18(19)24-27-20-12-6-8-14-22(20)32-24/h5-9,12-14,16,18-19H,3-4,10-11,15H2,1-2H3,(H,26,28). The second kappa shape index (κ2) is 10.1. The van der Waals surface area contributed by atoms with Crippen molar-refractivity contribution in [2.24, 2.45) is 5.92 Å². The predicted octanol–water partition coefficient (Wildman–Crippen LogP) is 5.00. The summed E-state index contributed by atoms with van der Waals surface area (Å²) in [6.45, 7) is 1.59. The Labute approximate surface area is 192 Å². The lowest BCUT2D eigenvalue weighted by atomic mass is 9.79. The number of esters is 1. The number of amides is 1. The third-order valence-electron chi connectivity index (χ3n) is 6.02. The van der Waals surface area contributed by atoms with Gasteiger partial charge in [-0.25, -0.2) is 4.98 Å². The maximum absolute atomic E-state index is 12.9. The molecule has 1 heterocycles. The van der Waals surface area contributed by atoms with Crippen molar-refractivity contribution in [1.29, 1.82) is 0 Å². The molecule has 0 spiro atoms. The minimum Gasteiger partial charge on any atom is -0.496 e. The molecule has 3 unspecified atom stereocenters. The summed E-state index contributed by atoms with van der Waals surface area (Å²) in [6, 6.07) is 15.3. The molecule has 1 N–H and O–H groups in total. The van der Waals surface area contributed by atoms with Gasteiger partial charge in [-0.05, 0) is 38.0 Å². The summed E-state index contributed by atoms with van der Waals surface area (Å²) < 4.78 is 11.9. The van der Waals surface area contributed by atoms with E-state index < -0.39 is 0 Å². The van der Waals surface area contributed by atoms with Crippen LogP contribution in [0.3, 0.4) is 0 Å². The van der Waals surface area contributed by atoms with E-state index in [1.54, 1.807) is 18.4 Å². The third-order valence-corrected chi connectivity index (χ3v) is 7.19. The second-order valence-electron chi connectivity index (χ2n) is 8.16. The highest BCUT2D eigenvalue weighted by Crippen LogP contribution is 2.41. The number of hydrogen-bond donors (Lipinski definition) is 1. The maximum atomic E-state index is 12.9. The molecule has 32 heavy (non-hydrogen) atoms. The van der Waals surface area contributed by atoms with Gasteiger partial charge in [0.2, 0.25) is 0 Å². The first-order valence-electron chi connectivity index (χ1n) is 11.0. The molecule has 4 rings (SSSR count). The van der Waals surface area contributed by atoms with Gasteiger partial charge >= 0.3 is 5.97 Å². The number of ether oxygens (including phenoxy) is 2. The molecule has 1 fully saturated rings. The fourth-order valence-corrected chi connectivity index (χ4v) is 5.55. The molecular formula is C25H28N2O4S. The fraction of sp³-hybridized carbons (Fsp3) is 0.400. The van der Waals surface area contributed by atoms with Gasteiger partial charge in [-0.2, -0.15) is 0 Å². The van der Waals surface area contributed by atoms with Crippen LogP contribution in [-0.4, -0.2) is 30.6 Å². The van der Waals surface area contributed by atoms with Crippen LogP contribution in [0.25, 0.3) is 10.2 Å². The average Bonchev–Trinajstić information content (AvgIpc) is 3.26. The van der Waals surface area contributed by atoms with Gasteiger partial charge in [-0.1, -0.05) is 43.2 Å². The quantitative estimate of drug-likeness (QED) is 0.511. The number of hydrogen-bond acceptors (Lipinski definition) is 6. The van der Waals surface area contributed by atoms with Gasteiger partial charge in [-0.3, -0.25) is 9.59 Å². The molecule has 0 bridgehead atoms. The molecule has 1 amide bonds. The average molecular weight is 453 g/mol. The van der Waals surface area contributed by atoms with Crippen LogP contribution < -0.4 is 10.1 Å². The largest absolute Gasteiger partial charge is 0.496 e. The smallest absolute Gasteiger partial charge is 0.310 e. The lowest BCUT2D eigenvalue weighted by Crippen LogP contribution is -2.34. The van der Waals surface area contributed by atoms with Gasteiger partial charge in [0, 0.05) is 11.5 Å². The zero-order chi connectivity index (χ0) is 22.5. The molecule has 1 aliphatic carbocycles. The lowest BCUT2D eigenvalue weighted by molar-refractivity contribution is -0.154. The Bertz CT molecular complexity index is 1060. The van der Waals surface area contributed by atoms with Crippen LogP contribution in [-0.2, 0) is 14.3 Å². The normalized spacial score (nSPS) is 19.3. The van der Waals surface area contributed by atoms with Crippen molar-refractivity contribution < 1.29 is 19.1 Å². The van der Waals surface area contributed by atoms with Gasteiger partial charge < -0.3 is 14.8 Å². The van der Waals surface area contributed by atoms with Crippen LogP contribution in [0, 0.1) is 5.92 Å². The van der Waals surface area contributed by atoms with Crippen LogP contribution in [0.5, 0.6) is 5.75 Å². The molecule has 0 saturated heterocycles. The van der Waals surface area contributed by atoms with Crippen LogP contribution in [0.4, 0.5) is 0 Å². The van der Waals surface area contributed by atoms with Crippen molar-refractivity contribution in [1.82, 2.24) is 10.3 Å². The van der Waals surface area contributed by atoms with Crippen molar-refractivity contribution in [3.05, 3.63) is 59.1 Å². The van der Waals surface area contributed by atoms with Gasteiger partial charge in [0.25, 0.3) is 5.91 Å². The molecule has 168 valence electrons. The number of carbonyl (C=O) groups excluding carboxylic acids is 2. The van der Waals surface area contributed by atoms with E-state index in [0.717, 1.165) is 46.5 Å². The van der Waals surface area contributed by atoms with Gasteiger partial charge in [0.1, 0.15) is 5.75 Å². The van der Waals surface area contributed by atoms with Crippen LogP contribution in [0.15, 0.2) is 48.5 Å². The number of nitrogens with one attached hydrogen (secondary N) is 1. The summed E-state index contributed by atoms with van der Waals surface area (Å²) >= 11 is 1.65. The SMILES string of the molecule is COc1ccccc1C(C)NC(=O)COC(=O)C1CCCCC1c1nc2ccccc2s1. The summed E-state index contributed by atoms with van der Waals surface area (Å²) in [4.78, 5) is 30.1. The third kappa shape index (κ3) is 4.93. The van der Waals surface area contributed by atoms with E-state index in [9.17, 15) is 9.59 Å². The van der Waals surface area contributed by atoms with Crippen molar-refractivity contribution in [2.45, 2.75) is 44.6 Å². The first-order valence-corrected chi connectivity index (χ1v) is 11.8. The van der Waals surface area contributed by atoms with E-state index in [1.807, 2.05) is 49.4 Å². The Hall–Kier alpha value is -2.93. The molecule has 0 radical (unpaired) electrons. The Morgan fingerprint density at radius 1 is 1.12 bits per heavy atom. The minimum absolute atomic E-state index is 0.0456. The summed E-state index contributed by atoms with van der Waals surface area (Å²) in [7, 11) is 1.60. The van der Waals surface area contributed by atoms with E-state index in [1.165, 1.54) is 0 Å². The highest BCUT2D eigenvalue weighted by Gasteiger charge is 2.35. The molecule has 3 atom stereocenters. The van der Waals surface area contributed by atoms with Crippen molar-refractivity contribution in [3.8, 4) is 5.75 Å². The van der Waals surface area contributed by atoms with E-state index in [0.29, 0.717) is 5.75 Å². The van der Waals surface area contributed by atoms with Gasteiger partial charge in [0.05, 0.1) is 34.3 Å². The van der Waals surface area contributed by atoms with Crippen LogP contribution in [0.1, 0.15) is 55.1 Å². The summed E-state index contributed by atoms with van der Waals surface area (Å²) in [5, 5.41) is 3.87. The molecule has 1 aromatic heterocycles. The Kier molecular flexibility index (Phi) is 7.05. The number of benzene rings is 2. The number of nitrogens with zero attached hydrogens (tertiary/aromatic N) is 1. The highest BCUT2D eigenvalue weighted by atomic mass is 32.1. The molecule has 3 aromatic rings. The summed E-state index contributed by atoms with van der Waals surface area (Å²) in [6.07, 6.45) is 3.73. The molecule has 2 aromatic carbocycles. The first kappa shape index (κ1) is 22.3. The lowest BCUT2D eigenvalue weighted by Gasteiger charge is -2.28. The number of carbonyl (C=O) groups is 2. The molecule has 0 aliphatic heterocycles. The summed E-state index contributed by atoms with van der Waals surface area (Å²) in [5.74, 6) is -0.149. The maximum Gasteiger partial charge on any atom is 0.310 e. The molecule has 6 nitrogen and oxygen atoms in total. The van der Waals surface area contributed by atoms with Gasteiger partial charge in [0.15, 0.2) is 6.61 Å². The van der Waals surface area contributed by atoms with Crippen molar-refractivity contribution in [2.75, 3.05) is 13.7 Å². The molecule has 1 saturated carbocycles. The number of rotatable bonds is 7. The van der Waals surface area contributed by atoms with Gasteiger partial charge in [-0.15, -0.1) is 11.3 Å². The van der Waals surface area contributed by atoms with E-state index in [-0.39, 0.29) is 36.4 Å². The Morgan fingerprint density at radius 2 is 1.88 bits per heavy atom. The number of thiazole rings is 1. The number of aromatic nitrogens is 1. The highest BCUT2D eigenvalue weighted by molar-refractivity contribution is 7.18. The monoisotopic (exact) mass is 452 g/mol. The van der Waals surface area contributed by atoms with Crippen LogP contribution in [0.2, 0.25) is 0 Å². The second-order valence-corrected chi connectivity index (χ2v) is 9.22. The van der Waals surface area contributed by atoms with Crippen LogP contribution >= 0.6 is 11.3 Å². The van der Waals surface area contributed by atoms with E-state index >= 15 is 0 Å². The van der Waals surface area contributed by atoms with Crippen molar-refractivity contribution >= 4 is 33.4 Å². The Morgan fingerprint density at radius 3 is 2.69 bits per heavy atom. The first-order chi connectivity index (χ1) is 15.6.